The molecule has 0 aliphatic rings. The molecule has 6 nitrogen and oxygen atoms in total. The SMILES string of the molecule is Cc1cc(C)c(NC(=O)COc2ccc(Cl)cc2[N+](=O)[O-])c(Cl)c1. The van der Waals surface area contributed by atoms with E-state index in [-0.39, 0.29) is 16.5 Å². The molecule has 1 amide bonds. The molecule has 0 aliphatic heterocycles. The molecule has 0 spiro atoms. The van der Waals surface area contributed by atoms with Gasteiger partial charge in [-0.15, -0.1) is 0 Å². The molecule has 0 heterocycles. The largest absolute Gasteiger partial charge is 0.477 e. The van der Waals surface area contributed by atoms with Crippen molar-refractivity contribution in [3.8, 4) is 5.75 Å². The molecule has 0 aromatic heterocycles. The number of anilines is 1. The number of hydrogen-bond acceptors (Lipinski definition) is 4. The fourth-order valence-corrected chi connectivity index (χ4v) is 2.68. The number of nitro benzene ring substituents is 1. The molecular formula is C16H14Cl2N2O4. The lowest BCUT2D eigenvalue weighted by Crippen LogP contribution is -2.21. The van der Waals surface area contributed by atoms with Crippen LogP contribution in [0.15, 0.2) is 30.3 Å². The van der Waals surface area contributed by atoms with Gasteiger partial charge in [0.25, 0.3) is 5.91 Å². The van der Waals surface area contributed by atoms with Gasteiger partial charge < -0.3 is 10.1 Å². The van der Waals surface area contributed by atoms with Gasteiger partial charge in [-0.3, -0.25) is 14.9 Å². The highest BCUT2D eigenvalue weighted by atomic mass is 35.5. The van der Waals surface area contributed by atoms with E-state index < -0.39 is 17.4 Å². The smallest absolute Gasteiger partial charge is 0.312 e. The Kier molecular flexibility index (Phi) is 5.64. The second kappa shape index (κ2) is 7.51. The number of hydrogen-bond donors (Lipinski definition) is 1. The summed E-state index contributed by atoms with van der Waals surface area (Å²) >= 11 is 11.8. The van der Waals surface area contributed by atoms with E-state index in [0.717, 1.165) is 17.2 Å². The van der Waals surface area contributed by atoms with Gasteiger partial charge in [-0.25, -0.2) is 0 Å². The Balaban J connectivity index is 2.09. The average Bonchev–Trinajstić information content (AvgIpc) is 2.49. The standard InChI is InChI=1S/C16H14Cl2N2O4/c1-9-5-10(2)16(12(18)6-9)19-15(21)8-24-14-4-3-11(17)7-13(14)20(22)23/h3-7H,8H2,1-2H3,(H,19,21). The fourth-order valence-electron chi connectivity index (χ4n) is 2.15. The van der Waals surface area contributed by atoms with Crippen molar-refractivity contribution in [2.24, 2.45) is 0 Å². The predicted octanol–water partition coefficient (Wildman–Crippen LogP) is 4.54. The number of amides is 1. The summed E-state index contributed by atoms with van der Waals surface area (Å²) in [6.07, 6.45) is 0. The number of aryl methyl sites for hydroxylation is 2. The fraction of sp³-hybridized carbons (Fsp3) is 0.188. The van der Waals surface area contributed by atoms with Gasteiger partial charge in [0.1, 0.15) is 0 Å². The molecule has 0 aliphatic carbocycles. The maximum atomic E-state index is 12.0. The zero-order valence-electron chi connectivity index (χ0n) is 12.9. The van der Waals surface area contributed by atoms with Crippen LogP contribution >= 0.6 is 23.2 Å². The molecule has 2 rings (SSSR count). The van der Waals surface area contributed by atoms with Crippen molar-refractivity contribution in [3.63, 3.8) is 0 Å². The van der Waals surface area contributed by atoms with Crippen LogP contribution in [0.25, 0.3) is 0 Å². The number of benzene rings is 2. The van der Waals surface area contributed by atoms with E-state index >= 15 is 0 Å². The Morgan fingerprint density at radius 1 is 1.25 bits per heavy atom. The zero-order valence-corrected chi connectivity index (χ0v) is 14.4. The van der Waals surface area contributed by atoms with E-state index in [0.29, 0.717) is 10.7 Å². The normalized spacial score (nSPS) is 10.3. The second-order valence-electron chi connectivity index (χ2n) is 5.14. The summed E-state index contributed by atoms with van der Waals surface area (Å²) in [4.78, 5) is 22.4. The maximum Gasteiger partial charge on any atom is 0.312 e. The van der Waals surface area contributed by atoms with Gasteiger partial charge in [-0.1, -0.05) is 29.3 Å². The van der Waals surface area contributed by atoms with Crippen molar-refractivity contribution in [1.82, 2.24) is 0 Å². The van der Waals surface area contributed by atoms with Crippen LogP contribution in [0.5, 0.6) is 5.75 Å². The lowest BCUT2D eigenvalue weighted by molar-refractivity contribution is -0.385. The van der Waals surface area contributed by atoms with Crippen molar-refractivity contribution in [2.45, 2.75) is 13.8 Å². The molecule has 0 atom stereocenters. The van der Waals surface area contributed by atoms with Gasteiger partial charge in [0.05, 0.1) is 15.6 Å². The number of nitrogens with one attached hydrogen (secondary N) is 1. The van der Waals surface area contributed by atoms with E-state index in [1.165, 1.54) is 12.1 Å². The van der Waals surface area contributed by atoms with E-state index in [2.05, 4.69) is 5.32 Å². The highest BCUT2D eigenvalue weighted by molar-refractivity contribution is 6.34. The topological polar surface area (TPSA) is 81.5 Å². The summed E-state index contributed by atoms with van der Waals surface area (Å²) in [6.45, 7) is 3.32. The van der Waals surface area contributed by atoms with Crippen LogP contribution < -0.4 is 10.1 Å². The first-order chi connectivity index (χ1) is 11.3. The van der Waals surface area contributed by atoms with E-state index in [1.807, 2.05) is 19.9 Å². The first-order valence-corrected chi connectivity index (χ1v) is 7.67. The molecule has 8 heteroatoms. The van der Waals surface area contributed by atoms with Crippen LogP contribution in [0, 0.1) is 24.0 Å². The van der Waals surface area contributed by atoms with Crippen molar-refractivity contribution < 1.29 is 14.5 Å². The molecule has 2 aromatic carbocycles. The number of halogens is 2. The summed E-state index contributed by atoms with van der Waals surface area (Å²) in [7, 11) is 0. The first kappa shape index (κ1) is 18.0. The molecule has 0 unspecified atom stereocenters. The van der Waals surface area contributed by atoms with Gasteiger partial charge in [0.15, 0.2) is 12.4 Å². The van der Waals surface area contributed by atoms with Crippen molar-refractivity contribution in [1.29, 1.82) is 0 Å². The van der Waals surface area contributed by atoms with Crippen molar-refractivity contribution in [2.75, 3.05) is 11.9 Å². The minimum Gasteiger partial charge on any atom is -0.477 e. The third-order valence-corrected chi connectivity index (χ3v) is 3.71. The number of rotatable bonds is 5. The Morgan fingerprint density at radius 2 is 1.96 bits per heavy atom. The van der Waals surface area contributed by atoms with Crippen molar-refractivity contribution in [3.05, 3.63) is 61.6 Å². The van der Waals surface area contributed by atoms with Gasteiger partial charge in [-0.2, -0.15) is 0 Å². The zero-order chi connectivity index (χ0) is 17.9. The number of ether oxygens (including phenoxy) is 1. The summed E-state index contributed by atoms with van der Waals surface area (Å²) in [6, 6.07) is 7.57. The highest BCUT2D eigenvalue weighted by Crippen LogP contribution is 2.30. The average molecular weight is 369 g/mol. The van der Waals surface area contributed by atoms with Crippen LogP contribution in [-0.2, 0) is 4.79 Å². The highest BCUT2D eigenvalue weighted by Gasteiger charge is 2.17. The number of carbonyl (C=O) groups is 1. The van der Waals surface area contributed by atoms with E-state index in [1.54, 1.807) is 6.07 Å². The summed E-state index contributed by atoms with van der Waals surface area (Å²) in [5.74, 6) is -0.514. The Bertz CT molecular complexity index is 786. The first-order valence-electron chi connectivity index (χ1n) is 6.91. The Labute approximate surface area is 148 Å². The quantitative estimate of drug-likeness (QED) is 0.620. The third kappa shape index (κ3) is 4.37. The summed E-state index contributed by atoms with van der Waals surface area (Å²) < 4.78 is 5.24. The summed E-state index contributed by atoms with van der Waals surface area (Å²) in [5.41, 5.74) is 1.97. The predicted molar refractivity (Wildman–Crippen MR) is 93.2 cm³/mol. The Morgan fingerprint density at radius 3 is 2.58 bits per heavy atom. The molecule has 0 radical (unpaired) electrons. The molecule has 0 saturated heterocycles. The minimum atomic E-state index is -0.625. The molecule has 1 N–H and O–H groups in total. The van der Waals surface area contributed by atoms with Crippen LogP contribution in [0.2, 0.25) is 10.0 Å². The van der Waals surface area contributed by atoms with E-state index in [4.69, 9.17) is 27.9 Å². The number of nitro groups is 1. The van der Waals surface area contributed by atoms with Crippen LogP contribution in [0.4, 0.5) is 11.4 Å². The number of nitrogens with zero attached hydrogens (tertiary/aromatic N) is 1. The van der Waals surface area contributed by atoms with Crippen LogP contribution in [-0.4, -0.2) is 17.4 Å². The van der Waals surface area contributed by atoms with Gasteiger partial charge >= 0.3 is 5.69 Å². The molecule has 24 heavy (non-hydrogen) atoms. The molecule has 126 valence electrons. The molecule has 2 aromatic rings. The lowest BCUT2D eigenvalue weighted by Gasteiger charge is -2.12. The Hall–Kier alpha value is -2.31. The van der Waals surface area contributed by atoms with Gasteiger partial charge in [0, 0.05) is 11.1 Å². The van der Waals surface area contributed by atoms with Crippen LogP contribution in [0.1, 0.15) is 11.1 Å². The number of carbonyl (C=O) groups excluding carboxylic acids is 1. The van der Waals surface area contributed by atoms with Gasteiger partial charge in [0.2, 0.25) is 0 Å². The molecule has 0 saturated carbocycles. The van der Waals surface area contributed by atoms with Crippen LogP contribution in [0.3, 0.4) is 0 Å². The second-order valence-corrected chi connectivity index (χ2v) is 5.99. The lowest BCUT2D eigenvalue weighted by atomic mass is 10.1. The molecule has 0 fully saturated rings. The van der Waals surface area contributed by atoms with Crippen molar-refractivity contribution >= 4 is 40.5 Å². The molecular weight excluding hydrogens is 355 g/mol. The van der Waals surface area contributed by atoms with E-state index in [9.17, 15) is 14.9 Å². The van der Waals surface area contributed by atoms with Gasteiger partial charge in [-0.05, 0) is 43.2 Å². The summed E-state index contributed by atoms with van der Waals surface area (Å²) in [5, 5.41) is 14.2. The third-order valence-electron chi connectivity index (χ3n) is 3.17. The molecule has 0 bridgehead atoms. The maximum absolute atomic E-state index is 12.0. The minimum absolute atomic E-state index is 0.0359. The monoisotopic (exact) mass is 368 g/mol.